The average Bonchev–Trinajstić information content (AvgIpc) is 1.82. The van der Waals surface area contributed by atoms with Gasteiger partial charge in [0.15, 0.2) is 5.60 Å². The van der Waals surface area contributed by atoms with Gasteiger partial charge in [0.2, 0.25) is 0 Å². The third-order valence-corrected chi connectivity index (χ3v) is 1.29. The van der Waals surface area contributed by atoms with Crippen molar-refractivity contribution in [2.24, 2.45) is 0 Å². The minimum Gasteiger partial charge on any atom is -0.481 e. The second-order valence-corrected chi connectivity index (χ2v) is 2.48. The summed E-state index contributed by atoms with van der Waals surface area (Å²) in [5, 5.41) is 33.8. The third-order valence-electron chi connectivity index (χ3n) is 1.29. The molecule has 4 N–H and O–H groups in total. The molecule has 0 aliphatic carbocycles. The standard InChI is InChI=1S/C6H8O7.Zn/c7-3(8)1-6(13,5(11)12)2-4(9)10;/h13H,1-2H2,(H,7,8)(H,9,10)(H,11,12);/q;+2. The van der Waals surface area contributed by atoms with Gasteiger partial charge in [0.1, 0.15) is 0 Å². The van der Waals surface area contributed by atoms with E-state index in [1.165, 1.54) is 0 Å². The SMILES string of the molecule is O=C(O)CC(O)(CC(=O)O)C(=O)O.[Zn+2]. The Morgan fingerprint density at radius 1 is 0.929 bits per heavy atom. The largest absolute Gasteiger partial charge is 2.00 e. The number of carboxylic acid groups (broad SMARTS) is 3. The van der Waals surface area contributed by atoms with Crippen LogP contribution in [-0.2, 0) is 33.9 Å². The van der Waals surface area contributed by atoms with Crippen molar-refractivity contribution in [3.63, 3.8) is 0 Å². The van der Waals surface area contributed by atoms with E-state index in [0.29, 0.717) is 0 Å². The fraction of sp³-hybridized carbons (Fsp3) is 0.500. The summed E-state index contributed by atoms with van der Waals surface area (Å²) < 4.78 is 0. The molecule has 74 valence electrons. The molecule has 0 aliphatic rings. The van der Waals surface area contributed by atoms with E-state index < -0.39 is 36.4 Å². The van der Waals surface area contributed by atoms with Crippen molar-refractivity contribution in [2.75, 3.05) is 0 Å². The topological polar surface area (TPSA) is 132 Å². The van der Waals surface area contributed by atoms with E-state index in [1.54, 1.807) is 0 Å². The van der Waals surface area contributed by atoms with Crippen LogP contribution in [0.25, 0.3) is 0 Å². The first kappa shape index (κ1) is 15.5. The van der Waals surface area contributed by atoms with E-state index in [9.17, 15) is 14.4 Å². The zero-order valence-electron chi connectivity index (χ0n) is 7.13. The van der Waals surface area contributed by atoms with Crippen LogP contribution in [0.15, 0.2) is 0 Å². The zero-order chi connectivity index (χ0) is 10.6. The normalized spacial score (nSPS) is 10.1. The van der Waals surface area contributed by atoms with Crippen molar-refractivity contribution in [1.29, 1.82) is 0 Å². The number of aliphatic carboxylic acids is 3. The smallest absolute Gasteiger partial charge is 0.481 e. The quantitative estimate of drug-likeness (QED) is 0.452. The minimum absolute atomic E-state index is 0. The molecule has 0 aromatic heterocycles. The second kappa shape index (κ2) is 5.67. The molecule has 0 bridgehead atoms. The second-order valence-electron chi connectivity index (χ2n) is 2.48. The van der Waals surface area contributed by atoms with E-state index in [1.807, 2.05) is 0 Å². The van der Waals surface area contributed by atoms with Crippen LogP contribution >= 0.6 is 0 Å². The van der Waals surface area contributed by atoms with Crippen LogP contribution in [0.1, 0.15) is 12.8 Å². The number of aliphatic hydroxyl groups is 1. The first-order chi connectivity index (χ1) is 5.78. The minimum atomic E-state index is -2.74. The summed E-state index contributed by atoms with van der Waals surface area (Å²) in [7, 11) is 0. The van der Waals surface area contributed by atoms with Crippen molar-refractivity contribution in [3.05, 3.63) is 0 Å². The van der Waals surface area contributed by atoms with E-state index in [-0.39, 0.29) is 19.5 Å². The zero-order valence-corrected chi connectivity index (χ0v) is 10.1. The molecule has 0 radical (unpaired) electrons. The number of carboxylic acids is 3. The summed E-state index contributed by atoms with van der Waals surface area (Å²) in [6, 6.07) is 0. The van der Waals surface area contributed by atoms with E-state index in [0.717, 1.165) is 0 Å². The van der Waals surface area contributed by atoms with Crippen LogP contribution in [0, 0.1) is 0 Å². The van der Waals surface area contributed by atoms with Crippen molar-refractivity contribution in [2.45, 2.75) is 18.4 Å². The molecule has 0 atom stereocenters. The van der Waals surface area contributed by atoms with Crippen LogP contribution in [0.4, 0.5) is 0 Å². The van der Waals surface area contributed by atoms with E-state index in [4.69, 9.17) is 20.4 Å². The molecule has 0 aromatic carbocycles. The molecule has 8 heteroatoms. The van der Waals surface area contributed by atoms with Crippen molar-refractivity contribution >= 4 is 17.9 Å². The van der Waals surface area contributed by atoms with Gasteiger partial charge in [-0.1, -0.05) is 0 Å². The Kier molecular flexibility index (Phi) is 6.26. The molecular formula is C6H8O7Zn+2. The summed E-state index contributed by atoms with van der Waals surface area (Å²) in [6.45, 7) is 0. The van der Waals surface area contributed by atoms with Crippen molar-refractivity contribution in [1.82, 2.24) is 0 Å². The summed E-state index contributed by atoms with van der Waals surface area (Å²) in [5.41, 5.74) is -2.74. The number of carbonyl (C=O) groups is 3. The first-order valence-corrected chi connectivity index (χ1v) is 3.17. The van der Waals surface area contributed by atoms with Gasteiger partial charge in [-0.25, -0.2) is 4.79 Å². The molecule has 0 saturated heterocycles. The number of rotatable bonds is 5. The Balaban J connectivity index is 0. The van der Waals surface area contributed by atoms with Crippen molar-refractivity contribution < 1.29 is 54.3 Å². The van der Waals surface area contributed by atoms with Gasteiger partial charge >= 0.3 is 37.4 Å². The van der Waals surface area contributed by atoms with Gasteiger partial charge in [-0.05, 0) is 0 Å². The Hall–Kier alpha value is -1.01. The first-order valence-electron chi connectivity index (χ1n) is 3.17. The maximum Gasteiger partial charge on any atom is 2.00 e. The van der Waals surface area contributed by atoms with E-state index >= 15 is 0 Å². The summed E-state index contributed by atoms with van der Waals surface area (Å²) in [4.78, 5) is 30.5. The van der Waals surface area contributed by atoms with Crippen LogP contribution in [0.5, 0.6) is 0 Å². The van der Waals surface area contributed by atoms with Gasteiger partial charge in [0.05, 0.1) is 12.8 Å². The molecule has 0 rings (SSSR count). The Morgan fingerprint density at radius 3 is 1.36 bits per heavy atom. The molecule has 7 nitrogen and oxygen atoms in total. The van der Waals surface area contributed by atoms with Gasteiger partial charge in [0.25, 0.3) is 0 Å². The fourth-order valence-electron chi connectivity index (χ4n) is 0.714. The molecule has 0 heterocycles. The van der Waals surface area contributed by atoms with Gasteiger partial charge in [-0.2, -0.15) is 0 Å². The molecule has 0 amide bonds. The van der Waals surface area contributed by atoms with Crippen LogP contribution in [0.2, 0.25) is 0 Å². The van der Waals surface area contributed by atoms with E-state index in [2.05, 4.69) is 0 Å². The molecule has 0 aliphatic heterocycles. The molecule has 0 saturated carbocycles. The Labute approximate surface area is 91.1 Å². The maximum absolute atomic E-state index is 10.3. The van der Waals surface area contributed by atoms with Gasteiger partial charge in [-0.3, -0.25) is 9.59 Å². The predicted molar refractivity (Wildman–Crippen MR) is 37.1 cm³/mol. The monoisotopic (exact) mass is 256 g/mol. The van der Waals surface area contributed by atoms with Gasteiger partial charge in [0, 0.05) is 0 Å². The maximum atomic E-state index is 10.3. The predicted octanol–water partition coefficient (Wildman–Crippen LogP) is -1.25. The summed E-state index contributed by atoms with van der Waals surface area (Å²) >= 11 is 0. The number of hydrogen-bond donors (Lipinski definition) is 4. The molecular weight excluding hydrogens is 249 g/mol. The van der Waals surface area contributed by atoms with Crippen LogP contribution < -0.4 is 0 Å². The van der Waals surface area contributed by atoms with Crippen LogP contribution in [-0.4, -0.2) is 43.9 Å². The van der Waals surface area contributed by atoms with Crippen LogP contribution in [0.3, 0.4) is 0 Å². The molecule has 0 aromatic rings. The molecule has 0 spiro atoms. The molecule has 0 unspecified atom stereocenters. The summed E-state index contributed by atoms with van der Waals surface area (Å²) in [6.07, 6.45) is -2.29. The molecule has 14 heavy (non-hydrogen) atoms. The third kappa shape index (κ3) is 4.88. The van der Waals surface area contributed by atoms with Gasteiger partial charge < -0.3 is 20.4 Å². The Morgan fingerprint density at radius 2 is 1.21 bits per heavy atom. The van der Waals surface area contributed by atoms with Crippen molar-refractivity contribution in [3.8, 4) is 0 Å². The number of hydrogen-bond acceptors (Lipinski definition) is 4. The summed E-state index contributed by atoms with van der Waals surface area (Å²) in [5.74, 6) is -5.02. The average molecular weight is 258 g/mol. The Bertz CT molecular complexity index is 233. The van der Waals surface area contributed by atoms with Gasteiger partial charge in [-0.15, -0.1) is 0 Å². The fourth-order valence-corrected chi connectivity index (χ4v) is 0.714. The molecule has 0 fully saturated rings.